The van der Waals surface area contributed by atoms with Gasteiger partial charge in [-0.15, -0.1) is 0 Å². The number of hydrogen-bond acceptors (Lipinski definition) is 1. The number of piperidine rings is 1. The average molecular weight is 235 g/mol. The van der Waals surface area contributed by atoms with E-state index in [1.807, 2.05) is 13.8 Å². The average Bonchev–Trinajstić information content (AvgIpc) is 2.34. The van der Waals surface area contributed by atoms with E-state index in [2.05, 4.69) is 0 Å². The Bertz CT molecular complexity index is 415. The lowest BCUT2D eigenvalue weighted by atomic mass is 9.78. The summed E-state index contributed by atoms with van der Waals surface area (Å²) in [6.45, 7) is 4.80. The third kappa shape index (κ3) is 2.19. The highest BCUT2D eigenvalue weighted by atomic mass is 19.1. The minimum absolute atomic E-state index is 0.165. The van der Waals surface area contributed by atoms with Crippen molar-refractivity contribution in [1.82, 2.24) is 0 Å². The number of rotatable bonds is 2. The highest BCUT2D eigenvalue weighted by molar-refractivity contribution is 5.98. The molecule has 1 aromatic carbocycles. The van der Waals surface area contributed by atoms with Crippen molar-refractivity contribution < 1.29 is 9.18 Å². The van der Waals surface area contributed by atoms with Crippen molar-refractivity contribution in [1.29, 1.82) is 0 Å². The Morgan fingerprint density at radius 1 is 1.35 bits per heavy atom. The molecule has 1 fully saturated rings. The van der Waals surface area contributed by atoms with E-state index in [1.165, 1.54) is 12.1 Å². The summed E-state index contributed by atoms with van der Waals surface area (Å²) in [7, 11) is 0. The molecule has 1 atom stereocenters. The first-order chi connectivity index (χ1) is 8.07. The fourth-order valence-corrected chi connectivity index (χ4v) is 2.36. The number of carbonyl (C=O) groups excluding carboxylic acids is 1. The quantitative estimate of drug-likeness (QED) is 0.769. The van der Waals surface area contributed by atoms with Crippen molar-refractivity contribution in [2.24, 2.45) is 5.41 Å². The van der Waals surface area contributed by atoms with E-state index >= 15 is 0 Å². The maximum Gasteiger partial charge on any atom is 0.232 e. The van der Waals surface area contributed by atoms with Gasteiger partial charge in [-0.2, -0.15) is 0 Å². The minimum atomic E-state index is -0.267. The molecule has 1 aliphatic rings. The zero-order valence-corrected chi connectivity index (χ0v) is 10.4. The molecule has 1 aliphatic heterocycles. The SMILES string of the molecule is CC[C@@]1(C)CCCN(c2ccc(F)cc2)C1=O. The van der Waals surface area contributed by atoms with E-state index in [9.17, 15) is 9.18 Å². The number of carbonyl (C=O) groups is 1. The number of benzene rings is 1. The van der Waals surface area contributed by atoms with E-state index in [0.29, 0.717) is 0 Å². The minimum Gasteiger partial charge on any atom is -0.312 e. The zero-order chi connectivity index (χ0) is 12.5. The van der Waals surface area contributed by atoms with Crippen molar-refractivity contribution >= 4 is 11.6 Å². The molecule has 1 heterocycles. The summed E-state index contributed by atoms with van der Waals surface area (Å²) >= 11 is 0. The van der Waals surface area contributed by atoms with E-state index < -0.39 is 0 Å². The summed E-state index contributed by atoms with van der Waals surface area (Å²) in [5, 5.41) is 0. The van der Waals surface area contributed by atoms with Gasteiger partial charge in [0.25, 0.3) is 0 Å². The van der Waals surface area contributed by atoms with Crippen molar-refractivity contribution in [3.8, 4) is 0 Å². The molecule has 2 rings (SSSR count). The van der Waals surface area contributed by atoms with Crippen LogP contribution in [0.2, 0.25) is 0 Å². The Hall–Kier alpha value is -1.38. The molecule has 0 bridgehead atoms. The van der Waals surface area contributed by atoms with Crippen molar-refractivity contribution in [3.05, 3.63) is 30.1 Å². The molecular weight excluding hydrogens is 217 g/mol. The predicted molar refractivity (Wildman–Crippen MR) is 66.4 cm³/mol. The van der Waals surface area contributed by atoms with Gasteiger partial charge in [-0.1, -0.05) is 13.8 Å². The van der Waals surface area contributed by atoms with E-state index in [1.54, 1.807) is 17.0 Å². The Morgan fingerprint density at radius 2 is 2.00 bits per heavy atom. The number of anilines is 1. The van der Waals surface area contributed by atoms with Crippen LogP contribution in [0, 0.1) is 11.2 Å². The molecule has 17 heavy (non-hydrogen) atoms. The van der Waals surface area contributed by atoms with Gasteiger partial charge in [0, 0.05) is 17.6 Å². The molecule has 0 radical (unpaired) electrons. The largest absolute Gasteiger partial charge is 0.312 e. The van der Waals surface area contributed by atoms with Crippen molar-refractivity contribution in [2.75, 3.05) is 11.4 Å². The highest BCUT2D eigenvalue weighted by Gasteiger charge is 2.38. The van der Waals surface area contributed by atoms with E-state index in [-0.39, 0.29) is 17.1 Å². The summed E-state index contributed by atoms with van der Waals surface area (Å²) in [5.41, 5.74) is 0.544. The van der Waals surface area contributed by atoms with Gasteiger partial charge >= 0.3 is 0 Å². The fourth-order valence-electron chi connectivity index (χ4n) is 2.36. The third-order valence-corrected chi connectivity index (χ3v) is 3.79. The molecule has 0 unspecified atom stereocenters. The number of amides is 1. The van der Waals surface area contributed by atoms with Crippen LogP contribution >= 0.6 is 0 Å². The smallest absolute Gasteiger partial charge is 0.232 e. The van der Waals surface area contributed by atoms with Crippen molar-refractivity contribution in [3.63, 3.8) is 0 Å². The van der Waals surface area contributed by atoms with Gasteiger partial charge in [-0.05, 0) is 43.5 Å². The maximum absolute atomic E-state index is 12.9. The molecule has 3 heteroatoms. The first kappa shape index (κ1) is 12.1. The van der Waals surface area contributed by atoms with Gasteiger partial charge < -0.3 is 4.90 Å². The topological polar surface area (TPSA) is 20.3 Å². The van der Waals surface area contributed by atoms with E-state index in [0.717, 1.165) is 31.5 Å². The number of hydrogen-bond donors (Lipinski definition) is 0. The van der Waals surface area contributed by atoms with Crippen LogP contribution in [0.25, 0.3) is 0 Å². The first-order valence-electron chi connectivity index (χ1n) is 6.14. The lowest BCUT2D eigenvalue weighted by molar-refractivity contribution is -0.129. The molecule has 0 aromatic heterocycles. The van der Waals surface area contributed by atoms with Crippen LogP contribution in [-0.2, 0) is 4.79 Å². The van der Waals surface area contributed by atoms with Gasteiger partial charge in [0.1, 0.15) is 5.82 Å². The van der Waals surface area contributed by atoms with E-state index in [4.69, 9.17) is 0 Å². The summed E-state index contributed by atoms with van der Waals surface area (Å²) in [4.78, 5) is 14.2. The van der Waals surface area contributed by atoms with Gasteiger partial charge in [0.2, 0.25) is 5.91 Å². The highest BCUT2D eigenvalue weighted by Crippen LogP contribution is 2.36. The molecule has 0 aliphatic carbocycles. The monoisotopic (exact) mass is 235 g/mol. The Balaban J connectivity index is 2.27. The number of halogens is 1. The fraction of sp³-hybridized carbons (Fsp3) is 0.500. The molecule has 0 saturated carbocycles. The second-order valence-electron chi connectivity index (χ2n) is 4.95. The molecule has 1 aromatic rings. The number of nitrogens with zero attached hydrogens (tertiary/aromatic N) is 1. The molecule has 1 saturated heterocycles. The normalized spacial score (nSPS) is 25.1. The van der Waals surface area contributed by atoms with Crippen LogP contribution in [0.3, 0.4) is 0 Å². The van der Waals surface area contributed by atoms with Crippen LogP contribution in [0.4, 0.5) is 10.1 Å². The second kappa shape index (κ2) is 4.47. The zero-order valence-electron chi connectivity index (χ0n) is 10.4. The van der Waals surface area contributed by atoms with Crippen LogP contribution in [0.15, 0.2) is 24.3 Å². The van der Waals surface area contributed by atoms with Crippen molar-refractivity contribution in [2.45, 2.75) is 33.1 Å². The molecule has 1 amide bonds. The molecule has 92 valence electrons. The van der Waals surface area contributed by atoms with Gasteiger partial charge in [-0.3, -0.25) is 4.79 Å². The summed E-state index contributed by atoms with van der Waals surface area (Å²) in [6.07, 6.45) is 2.80. The Morgan fingerprint density at radius 3 is 2.59 bits per heavy atom. The molecule has 0 spiro atoms. The maximum atomic E-state index is 12.9. The Kier molecular flexibility index (Phi) is 3.18. The lowest BCUT2D eigenvalue weighted by Crippen LogP contribution is -2.47. The molecule has 2 nitrogen and oxygen atoms in total. The molecule has 0 N–H and O–H groups in total. The second-order valence-corrected chi connectivity index (χ2v) is 4.95. The summed E-state index contributed by atoms with van der Waals surface area (Å²) < 4.78 is 12.9. The summed E-state index contributed by atoms with van der Waals surface area (Å²) in [6, 6.07) is 6.16. The first-order valence-corrected chi connectivity index (χ1v) is 6.14. The summed E-state index contributed by atoms with van der Waals surface area (Å²) in [5.74, 6) is -0.102. The van der Waals surface area contributed by atoms with Gasteiger partial charge in [-0.25, -0.2) is 4.39 Å². The predicted octanol–water partition coefficient (Wildman–Crippen LogP) is 3.37. The van der Waals surface area contributed by atoms with Crippen LogP contribution < -0.4 is 4.90 Å². The third-order valence-electron chi connectivity index (χ3n) is 3.79. The standard InChI is InChI=1S/C14H18FNO/c1-3-14(2)9-4-10-16(13(14)17)12-7-5-11(15)6-8-12/h5-8H,3-4,9-10H2,1-2H3/t14-/m0/s1. The van der Waals surface area contributed by atoms with Gasteiger partial charge in [0.15, 0.2) is 0 Å². The molecular formula is C14H18FNO. The van der Waals surface area contributed by atoms with Crippen LogP contribution in [-0.4, -0.2) is 12.5 Å². The Labute approximate surface area is 101 Å². The van der Waals surface area contributed by atoms with Gasteiger partial charge in [0.05, 0.1) is 0 Å². The lowest BCUT2D eigenvalue weighted by Gasteiger charge is -2.39. The van der Waals surface area contributed by atoms with Crippen LogP contribution in [0.5, 0.6) is 0 Å². The van der Waals surface area contributed by atoms with Crippen LogP contribution in [0.1, 0.15) is 33.1 Å².